The maximum atomic E-state index is 12.2. The number of rotatable bonds is 8. The van der Waals surface area contributed by atoms with Crippen molar-refractivity contribution in [1.82, 2.24) is 0 Å². The first-order valence-electron chi connectivity index (χ1n) is 9.03. The fourth-order valence-electron chi connectivity index (χ4n) is 2.27. The summed E-state index contributed by atoms with van der Waals surface area (Å²) in [5.74, 6) is -1.85. The highest BCUT2D eigenvalue weighted by Gasteiger charge is 2.20. The fourth-order valence-corrected chi connectivity index (χ4v) is 2.27. The summed E-state index contributed by atoms with van der Waals surface area (Å²) in [5, 5.41) is 0. The van der Waals surface area contributed by atoms with Gasteiger partial charge in [-0.15, -0.1) is 0 Å². The molecule has 148 valence electrons. The van der Waals surface area contributed by atoms with Crippen molar-refractivity contribution in [3.63, 3.8) is 0 Å². The summed E-state index contributed by atoms with van der Waals surface area (Å²) in [6.45, 7) is 2.32. The van der Waals surface area contributed by atoms with E-state index in [1.807, 2.05) is 0 Å². The van der Waals surface area contributed by atoms with Crippen molar-refractivity contribution in [1.29, 1.82) is 0 Å². The molecule has 0 unspecified atom stereocenters. The first-order chi connectivity index (χ1) is 13.6. The Morgan fingerprint density at radius 2 is 1.46 bits per heavy atom. The summed E-state index contributed by atoms with van der Waals surface area (Å²) in [5.41, 5.74) is 0.151. The van der Waals surface area contributed by atoms with Crippen LogP contribution in [0, 0.1) is 0 Å². The van der Waals surface area contributed by atoms with Gasteiger partial charge in [-0.2, -0.15) is 0 Å². The van der Waals surface area contributed by atoms with Gasteiger partial charge < -0.3 is 9.47 Å². The standard InChI is InChI=1S/C21H22O7/c1-2-3-4-10-15-25-21(24)26-18-14-9-8-13-17(18)20(23)28-27-19(22)16-11-6-5-7-12-16/h5-9,11-14H,2-4,10,15H2,1H3. The van der Waals surface area contributed by atoms with Crippen LogP contribution in [0.25, 0.3) is 0 Å². The zero-order valence-electron chi connectivity index (χ0n) is 15.6. The van der Waals surface area contributed by atoms with Crippen LogP contribution in [-0.2, 0) is 14.5 Å². The van der Waals surface area contributed by atoms with E-state index >= 15 is 0 Å². The molecule has 0 fully saturated rings. The van der Waals surface area contributed by atoms with Crippen LogP contribution >= 0.6 is 0 Å². The van der Waals surface area contributed by atoms with E-state index in [-0.39, 0.29) is 23.5 Å². The number of hydrogen-bond acceptors (Lipinski definition) is 7. The molecule has 0 saturated carbocycles. The van der Waals surface area contributed by atoms with Crippen LogP contribution in [0.15, 0.2) is 54.6 Å². The fraction of sp³-hybridized carbons (Fsp3) is 0.286. The Balaban J connectivity index is 1.88. The van der Waals surface area contributed by atoms with E-state index in [0.717, 1.165) is 25.7 Å². The molecule has 0 saturated heterocycles. The normalized spacial score (nSPS) is 10.0. The number of carbonyl (C=O) groups excluding carboxylic acids is 3. The molecular weight excluding hydrogens is 364 g/mol. The lowest BCUT2D eigenvalue weighted by molar-refractivity contribution is -0.187. The van der Waals surface area contributed by atoms with E-state index in [2.05, 4.69) is 16.7 Å². The largest absolute Gasteiger partial charge is 0.513 e. The highest BCUT2D eigenvalue weighted by Crippen LogP contribution is 2.20. The van der Waals surface area contributed by atoms with Gasteiger partial charge in [0.05, 0.1) is 12.2 Å². The Morgan fingerprint density at radius 1 is 0.786 bits per heavy atom. The molecule has 0 atom stereocenters. The van der Waals surface area contributed by atoms with Crippen LogP contribution in [0.5, 0.6) is 5.75 Å². The molecule has 0 radical (unpaired) electrons. The van der Waals surface area contributed by atoms with Gasteiger partial charge in [-0.1, -0.05) is 56.5 Å². The van der Waals surface area contributed by atoms with Gasteiger partial charge >= 0.3 is 18.1 Å². The monoisotopic (exact) mass is 386 g/mol. The van der Waals surface area contributed by atoms with E-state index in [0.29, 0.717) is 0 Å². The summed E-state index contributed by atoms with van der Waals surface area (Å²) in [7, 11) is 0. The Labute approximate surface area is 163 Å². The average Bonchev–Trinajstić information content (AvgIpc) is 2.72. The molecule has 28 heavy (non-hydrogen) atoms. The molecule has 0 N–H and O–H groups in total. The van der Waals surface area contributed by atoms with Gasteiger partial charge in [0.1, 0.15) is 11.3 Å². The first-order valence-corrected chi connectivity index (χ1v) is 9.03. The van der Waals surface area contributed by atoms with Crippen molar-refractivity contribution in [3.05, 3.63) is 65.7 Å². The second kappa shape index (κ2) is 11.4. The molecule has 0 aliphatic rings. The molecular formula is C21H22O7. The van der Waals surface area contributed by atoms with Crippen molar-refractivity contribution in [2.45, 2.75) is 32.6 Å². The van der Waals surface area contributed by atoms with E-state index in [4.69, 9.17) is 9.47 Å². The van der Waals surface area contributed by atoms with Gasteiger partial charge in [0.25, 0.3) is 0 Å². The lowest BCUT2D eigenvalue weighted by Crippen LogP contribution is -2.16. The predicted molar refractivity (Wildman–Crippen MR) is 99.8 cm³/mol. The van der Waals surface area contributed by atoms with Crippen LogP contribution in [0.1, 0.15) is 53.3 Å². The molecule has 0 bridgehead atoms. The number of benzene rings is 2. The SMILES string of the molecule is CCCCCCOC(=O)Oc1ccccc1C(=O)OOC(=O)c1ccccc1. The van der Waals surface area contributed by atoms with Crippen LogP contribution < -0.4 is 4.74 Å². The molecule has 7 heteroatoms. The molecule has 0 amide bonds. The van der Waals surface area contributed by atoms with Crippen molar-refractivity contribution >= 4 is 18.1 Å². The van der Waals surface area contributed by atoms with Gasteiger partial charge in [-0.25, -0.2) is 24.2 Å². The minimum atomic E-state index is -0.976. The predicted octanol–water partition coefficient (Wildman–Crippen LogP) is 4.71. The minimum absolute atomic E-state index is 0.0539. The molecule has 7 nitrogen and oxygen atoms in total. The van der Waals surface area contributed by atoms with Crippen molar-refractivity contribution < 1.29 is 33.6 Å². The maximum absolute atomic E-state index is 12.2. The average molecular weight is 386 g/mol. The Morgan fingerprint density at radius 3 is 2.21 bits per heavy atom. The zero-order valence-corrected chi connectivity index (χ0v) is 15.6. The zero-order chi connectivity index (χ0) is 20.2. The topological polar surface area (TPSA) is 88.1 Å². The smallest absolute Gasteiger partial charge is 0.434 e. The second-order valence-electron chi connectivity index (χ2n) is 5.86. The van der Waals surface area contributed by atoms with Crippen LogP contribution in [0.2, 0.25) is 0 Å². The Kier molecular flexibility index (Phi) is 8.52. The molecule has 0 aromatic heterocycles. The third-order valence-electron chi connectivity index (χ3n) is 3.72. The first kappa shape index (κ1) is 21.0. The lowest BCUT2D eigenvalue weighted by Gasteiger charge is -2.09. The molecule has 2 aromatic rings. The minimum Gasteiger partial charge on any atom is -0.434 e. The van der Waals surface area contributed by atoms with Crippen molar-refractivity contribution in [3.8, 4) is 5.75 Å². The second-order valence-corrected chi connectivity index (χ2v) is 5.86. The quantitative estimate of drug-likeness (QED) is 0.213. The summed E-state index contributed by atoms with van der Waals surface area (Å²) in [6.07, 6.45) is 2.92. The molecule has 2 rings (SSSR count). The van der Waals surface area contributed by atoms with E-state index in [1.54, 1.807) is 30.3 Å². The molecule has 0 aliphatic carbocycles. The highest BCUT2D eigenvalue weighted by atomic mass is 17.2. The molecule has 2 aromatic carbocycles. The number of carbonyl (C=O) groups is 3. The maximum Gasteiger partial charge on any atom is 0.513 e. The van der Waals surface area contributed by atoms with Crippen molar-refractivity contribution in [2.24, 2.45) is 0 Å². The number of unbranched alkanes of at least 4 members (excludes halogenated alkanes) is 3. The third-order valence-corrected chi connectivity index (χ3v) is 3.72. The summed E-state index contributed by atoms with van der Waals surface area (Å²) in [4.78, 5) is 44.9. The molecule has 0 spiro atoms. The summed E-state index contributed by atoms with van der Waals surface area (Å²) in [6, 6.07) is 14.0. The van der Waals surface area contributed by atoms with Gasteiger partial charge in [0, 0.05) is 0 Å². The Bertz CT molecular complexity index is 786. The number of para-hydroxylation sites is 1. The van der Waals surface area contributed by atoms with Crippen LogP contribution in [-0.4, -0.2) is 24.7 Å². The number of ether oxygens (including phenoxy) is 2. The summed E-state index contributed by atoms with van der Waals surface area (Å²) >= 11 is 0. The van der Waals surface area contributed by atoms with Crippen LogP contribution in [0.3, 0.4) is 0 Å². The molecule has 0 aliphatic heterocycles. The number of hydrogen-bond donors (Lipinski definition) is 0. The van der Waals surface area contributed by atoms with E-state index in [1.165, 1.54) is 24.3 Å². The van der Waals surface area contributed by atoms with Crippen molar-refractivity contribution in [2.75, 3.05) is 6.61 Å². The molecule has 0 heterocycles. The van der Waals surface area contributed by atoms with Gasteiger partial charge in [-0.05, 0) is 30.7 Å². The van der Waals surface area contributed by atoms with E-state index < -0.39 is 18.1 Å². The van der Waals surface area contributed by atoms with Gasteiger partial charge in [0.15, 0.2) is 0 Å². The van der Waals surface area contributed by atoms with Crippen LogP contribution in [0.4, 0.5) is 4.79 Å². The Hall–Kier alpha value is -3.35. The lowest BCUT2D eigenvalue weighted by atomic mass is 10.2. The van der Waals surface area contributed by atoms with Gasteiger partial charge in [-0.3, -0.25) is 0 Å². The van der Waals surface area contributed by atoms with Gasteiger partial charge in [0.2, 0.25) is 0 Å². The summed E-state index contributed by atoms with van der Waals surface area (Å²) < 4.78 is 10.0. The third kappa shape index (κ3) is 6.75. The highest BCUT2D eigenvalue weighted by molar-refractivity contribution is 5.94. The van der Waals surface area contributed by atoms with E-state index in [9.17, 15) is 14.4 Å².